The van der Waals surface area contributed by atoms with Crippen LogP contribution in [-0.2, 0) is 28.6 Å². The number of ether oxygens (including phenoxy) is 3. The fourth-order valence-corrected chi connectivity index (χ4v) is 9.73. The summed E-state index contributed by atoms with van der Waals surface area (Å²) in [5.41, 5.74) is 0. The molecule has 0 aromatic heterocycles. The first kappa shape index (κ1) is 78.8. The van der Waals surface area contributed by atoms with Crippen LogP contribution in [0.25, 0.3) is 0 Å². The van der Waals surface area contributed by atoms with Crippen molar-refractivity contribution in [2.75, 3.05) is 13.2 Å². The molecule has 0 aliphatic carbocycles. The van der Waals surface area contributed by atoms with Crippen LogP contribution in [0.15, 0.2) is 122 Å². The lowest BCUT2D eigenvalue weighted by Gasteiger charge is -2.18. The summed E-state index contributed by atoms with van der Waals surface area (Å²) < 4.78 is 16.9. The lowest BCUT2D eigenvalue weighted by atomic mass is 10.0. The molecule has 83 heavy (non-hydrogen) atoms. The number of esters is 3. The quantitative estimate of drug-likeness (QED) is 0.0261. The molecule has 1 atom stereocenters. The van der Waals surface area contributed by atoms with E-state index in [9.17, 15) is 14.4 Å². The molecule has 0 spiro atoms. The van der Waals surface area contributed by atoms with Gasteiger partial charge >= 0.3 is 17.9 Å². The Morgan fingerprint density at radius 2 is 0.470 bits per heavy atom. The predicted octanol–water partition coefficient (Wildman–Crippen LogP) is 24.3. The van der Waals surface area contributed by atoms with Gasteiger partial charge in [-0.25, -0.2) is 0 Å². The summed E-state index contributed by atoms with van der Waals surface area (Å²) in [6, 6.07) is 0. The van der Waals surface area contributed by atoms with Gasteiger partial charge in [0.1, 0.15) is 13.2 Å². The van der Waals surface area contributed by atoms with Crippen LogP contribution in [0.1, 0.15) is 329 Å². The smallest absolute Gasteiger partial charge is 0.306 e. The van der Waals surface area contributed by atoms with Crippen LogP contribution in [0.3, 0.4) is 0 Å². The number of hydrogen-bond acceptors (Lipinski definition) is 6. The molecule has 0 aliphatic heterocycles. The van der Waals surface area contributed by atoms with Gasteiger partial charge < -0.3 is 14.2 Å². The molecule has 0 bridgehead atoms. The molecule has 6 nitrogen and oxygen atoms in total. The van der Waals surface area contributed by atoms with Gasteiger partial charge in [0.15, 0.2) is 6.10 Å². The van der Waals surface area contributed by atoms with Crippen LogP contribution < -0.4 is 0 Å². The van der Waals surface area contributed by atoms with Crippen LogP contribution >= 0.6 is 0 Å². The molecule has 0 aliphatic rings. The highest BCUT2D eigenvalue weighted by Crippen LogP contribution is 2.16. The Kier molecular flexibility index (Phi) is 66.7. The molecule has 0 N–H and O–H groups in total. The van der Waals surface area contributed by atoms with Crippen molar-refractivity contribution in [1.82, 2.24) is 0 Å². The second-order valence-corrected chi connectivity index (χ2v) is 23.1. The van der Waals surface area contributed by atoms with Gasteiger partial charge in [0, 0.05) is 19.3 Å². The minimum absolute atomic E-state index is 0.0856. The first-order valence-electron chi connectivity index (χ1n) is 35.0. The van der Waals surface area contributed by atoms with Crippen molar-refractivity contribution in [2.45, 2.75) is 335 Å². The van der Waals surface area contributed by atoms with Crippen molar-refractivity contribution in [3.05, 3.63) is 122 Å². The van der Waals surface area contributed by atoms with Crippen LogP contribution in [0.4, 0.5) is 0 Å². The molecule has 0 fully saturated rings. The SMILES string of the molecule is CC/C=C\C/C=C\C/C=C\C/C=C\C/C=C\C/C=C\C/C=C\CCCCCCCC(=O)OC(COC(=O)CCCCCCCCCCC)COC(=O)CCCCCCCCCCCCCCCC/C=C\C/C=C\C/C=C\CCCCCCC. The highest BCUT2D eigenvalue weighted by atomic mass is 16.6. The van der Waals surface area contributed by atoms with E-state index in [0.29, 0.717) is 19.3 Å². The third-order valence-corrected chi connectivity index (χ3v) is 15.0. The molecule has 474 valence electrons. The number of carbonyl (C=O) groups excluding carboxylic acids is 3. The van der Waals surface area contributed by atoms with E-state index in [1.807, 2.05) is 0 Å². The van der Waals surface area contributed by atoms with E-state index in [1.54, 1.807) is 0 Å². The van der Waals surface area contributed by atoms with E-state index in [4.69, 9.17) is 14.2 Å². The topological polar surface area (TPSA) is 78.9 Å². The van der Waals surface area contributed by atoms with Gasteiger partial charge in [-0.05, 0) is 116 Å². The molecule has 6 heteroatoms. The van der Waals surface area contributed by atoms with Gasteiger partial charge in [-0.3, -0.25) is 14.4 Å². The molecule has 0 radical (unpaired) electrons. The second-order valence-electron chi connectivity index (χ2n) is 23.1. The third-order valence-electron chi connectivity index (χ3n) is 15.0. The zero-order chi connectivity index (χ0) is 59.9. The van der Waals surface area contributed by atoms with Gasteiger partial charge in [0.05, 0.1) is 0 Å². The number of allylic oxidation sites excluding steroid dienone is 20. The predicted molar refractivity (Wildman–Crippen MR) is 362 cm³/mol. The molecule has 0 saturated heterocycles. The van der Waals surface area contributed by atoms with Crippen LogP contribution in [0.5, 0.6) is 0 Å². The zero-order valence-electron chi connectivity index (χ0n) is 54.4. The third kappa shape index (κ3) is 68.5. The van der Waals surface area contributed by atoms with Crippen molar-refractivity contribution in [1.29, 1.82) is 0 Å². The van der Waals surface area contributed by atoms with E-state index >= 15 is 0 Å². The molecular formula is C77H130O6. The summed E-state index contributed by atoms with van der Waals surface area (Å²) in [6.07, 6.45) is 98.0. The molecule has 1 unspecified atom stereocenters. The van der Waals surface area contributed by atoms with Gasteiger partial charge in [-0.1, -0.05) is 316 Å². The van der Waals surface area contributed by atoms with E-state index in [1.165, 1.54) is 154 Å². The Hall–Kier alpha value is -4.19. The lowest BCUT2D eigenvalue weighted by molar-refractivity contribution is -0.167. The van der Waals surface area contributed by atoms with Crippen molar-refractivity contribution in [2.24, 2.45) is 0 Å². The lowest BCUT2D eigenvalue weighted by Crippen LogP contribution is -2.30. The summed E-state index contributed by atoms with van der Waals surface area (Å²) in [7, 11) is 0. The van der Waals surface area contributed by atoms with Crippen LogP contribution in [0.2, 0.25) is 0 Å². The first-order chi connectivity index (χ1) is 41.0. The Labute approximate surface area is 513 Å². The van der Waals surface area contributed by atoms with Crippen LogP contribution in [0, 0.1) is 0 Å². The Morgan fingerprint density at radius 1 is 0.253 bits per heavy atom. The minimum Gasteiger partial charge on any atom is -0.462 e. The molecule has 0 aromatic rings. The maximum Gasteiger partial charge on any atom is 0.306 e. The largest absolute Gasteiger partial charge is 0.462 e. The van der Waals surface area contributed by atoms with Gasteiger partial charge in [0.25, 0.3) is 0 Å². The minimum atomic E-state index is -0.791. The molecule has 0 heterocycles. The maximum atomic E-state index is 12.9. The maximum absolute atomic E-state index is 12.9. The van der Waals surface area contributed by atoms with Crippen molar-refractivity contribution in [3.8, 4) is 0 Å². The average molecular weight is 1150 g/mol. The summed E-state index contributed by atoms with van der Waals surface area (Å²) in [5, 5.41) is 0. The Morgan fingerprint density at radius 3 is 0.735 bits per heavy atom. The number of carbonyl (C=O) groups is 3. The summed E-state index contributed by atoms with van der Waals surface area (Å²) in [4.78, 5) is 38.3. The Bertz CT molecular complexity index is 1700. The molecule has 0 aromatic carbocycles. The van der Waals surface area contributed by atoms with Gasteiger partial charge in [0.2, 0.25) is 0 Å². The van der Waals surface area contributed by atoms with E-state index < -0.39 is 6.10 Å². The summed E-state index contributed by atoms with van der Waals surface area (Å²) in [6.45, 7) is 6.50. The van der Waals surface area contributed by atoms with E-state index in [-0.39, 0.29) is 31.1 Å². The molecule has 0 rings (SSSR count). The van der Waals surface area contributed by atoms with Crippen molar-refractivity contribution >= 4 is 17.9 Å². The second kappa shape index (κ2) is 70.3. The highest BCUT2D eigenvalue weighted by molar-refractivity contribution is 5.71. The standard InChI is InChI=1S/C77H130O6/c1-4-7-10-13-16-19-21-23-25-27-29-31-33-35-37-38-40-41-43-45-47-49-51-53-55-58-61-64-67-70-76(79)82-73-74(72-81-75(78)69-66-63-60-57-18-15-12-9-6-3)83-77(80)71-68-65-62-59-56-54-52-50-48-46-44-42-39-36-34-32-30-28-26-24-22-20-17-14-11-8-5-2/h8,11,17,20-21,23-24,26-27,29-30,32-33,35-36,39,44,46,50,52,74H,4-7,9-10,12-16,18-19,22,25,28,31,34,37-38,40-43,45,47-49,51,53-73H2,1-3H3/b11-8-,20-17-,23-21-,26-24-,29-27-,32-30-,35-33-,39-36-,46-44-,52-50-. The number of unbranched alkanes of at least 4 members (excludes halogenated alkanes) is 32. The molecular weight excluding hydrogens is 1020 g/mol. The number of hydrogen-bond donors (Lipinski definition) is 0. The van der Waals surface area contributed by atoms with Gasteiger partial charge in [-0.15, -0.1) is 0 Å². The van der Waals surface area contributed by atoms with E-state index in [0.717, 1.165) is 135 Å². The van der Waals surface area contributed by atoms with Crippen molar-refractivity contribution in [3.63, 3.8) is 0 Å². The molecule has 0 saturated carbocycles. The fraction of sp³-hybridized carbons (Fsp3) is 0.701. The first-order valence-corrected chi connectivity index (χ1v) is 35.0. The van der Waals surface area contributed by atoms with Gasteiger partial charge in [-0.2, -0.15) is 0 Å². The Balaban J connectivity index is 4.23. The summed E-state index contributed by atoms with van der Waals surface area (Å²) in [5.74, 6) is -0.900. The molecule has 0 amide bonds. The zero-order valence-corrected chi connectivity index (χ0v) is 54.4. The van der Waals surface area contributed by atoms with Crippen LogP contribution in [-0.4, -0.2) is 37.2 Å². The fourth-order valence-electron chi connectivity index (χ4n) is 9.73. The summed E-state index contributed by atoms with van der Waals surface area (Å²) >= 11 is 0. The number of rotatable bonds is 63. The average Bonchev–Trinajstić information content (AvgIpc) is 3.49. The highest BCUT2D eigenvalue weighted by Gasteiger charge is 2.19. The van der Waals surface area contributed by atoms with E-state index in [2.05, 4.69) is 142 Å². The van der Waals surface area contributed by atoms with Crippen molar-refractivity contribution < 1.29 is 28.6 Å². The monoisotopic (exact) mass is 1150 g/mol. The normalized spacial score (nSPS) is 12.9.